The molecule has 1 aromatic heterocycles. The molecule has 0 saturated heterocycles. The Morgan fingerprint density at radius 3 is 2.82 bits per heavy atom. The van der Waals surface area contributed by atoms with Gasteiger partial charge in [0.2, 0.25) is 0 Å². The van der Waals surface area contributed by atoms with Crippen LogP contribution in [0.4, 0.5) is 0 Å². The molecule has 3 heteroatoms. The van der Waals surface area contributed by atoms with Crippen molar-refractivity contribution >= 4 is 24.0 Å². The fourth-order valence-electron chi connectivity index (χ4n) is 1.29. The van der Waals surface area contributed by atoms with Gasteiger partial charge in [-0.05, 0) is 0 Å². The molecule has 0 unspecified atom stereocenters. The summed E-state index contributed by atoms with van der Waals surface area (Å²) in [6.07, 6.45) is 3.58. The standard InChI is InChI=1S/C8H9N2Te/c1-5-7-8(6(2)11-5)10-4-3-9-7/h3-5H,1-2H3/t5-/m0/s1. The molecule has 1 aliphatic heterocycles. The van der Waals surface area contributed by atoms with E-state index >= 15 is 0 Å². The fraction of sp³-hybridized carbons (Fsp3) is 0.375. The first kappa shape index (κ1) is 7.39. The Morgan fingerprint density at radius 1 is 1.36 bits per heavy atom. The second-order valence-corrected chi connectivity index (χ2v) is 7.05. The average molecular weight is 261 g/mol. The second kappa shape index (κ2) is 2.65. The van der Waals surface area contributed by atoms with Crippen molar-refractivity contribution in [3.63, 3.8) is 0 Å². The molecular formula is C8H9N2Te. The first-order valence-corrected chi connectivity index (χ1v) is 6.11. The Labute approximate surface area is 75.6 Å². The minimum atomic E-state index is 0.00664. The van der Waals surface area contributed by atoms with E-state index in [0.717, 1.165) is 0 Å². The molecule has 0 spiro atoms. The molecular weight excluding hydrogens is 252 g/mol. The zero-order valence-electron chi connectivity index (χ0n) is 6.53. The van der Waals surface area contributed by atoms with Crippen LogP contribution in [-0.4, -0.2) is 34.0 Å². The van der Waals surface area contributed by atoms with E-state index in [-0.39, 0.29) is 20.5 Å². The third-order valence-electron chi connectivity index (χ3n) is 1.80. The van der Waals surface area contributed by atoms with Crippen LogP contribution in [0.3, 0.4) is 0 Å². The van der Waals surface area contributed by atoms with Gasteiger partial charge in [-0.25, -0.2) is 0 Å². The van der Waals surface area contributed by atoms with Gasteiger partial charge in [0, 0.05) is 0 Å². The Kier molecular flexibility index (Phi) is 1.78. The van der Waals surface area contributed by atoms with Gasteiger partial charge in [0.1, 0.15) is 0 Å². The van der Waals surface area contributed by atoms with Crippen LogP contribution in [0.5, 0.6) is 0 Å². The Hall–Kier alpha value is -0.260. The van der Waals surface area contributed by atoms with Crippen LogP contribution < -0.4 is 0 Å². The van der Waals surface area contributed by atoms with E-state index < -0.39 is 0 Å². The molecule has 0 aromatic carbocycles. The van der Waals surface area contributed by atoms with Gasteiger partial charge in [0.15, 0.2) is 0 Å². The van der Waals surface area contributed by atoms with E-state index in [1.807, 2.05) is 0 Å². The number of fused-ring (bicyclic) bond motifs is 1. The van der Waals surface area contributed by atoms with Gasteiger partial charge in [-0.2, -0.15) is 0 Å². The van der Waals surface area contributed by atoms with Crippen LogP contribution >= 0.6 is 0 Å². The van der Waals surface area contributed by atoms with E-state index in [4.69, 9.17) is 0 Å². The molecule has 57 valence electrons. The third-order valence-corrected chi connectivity index (χ3v) is 5.01. The van der Waals surface area contributed by atoms with Crippen LogP contribution in [0.2, 0.25) is 0 Å². The number of rotatable bonds is 0. The summed E-state index contributed by atoms with van der Waals surface area (Å²) in [4.78, 5) is 8.66. The maximum atomic E-state index is 4.34. The van der Waals surface area contributed by atoms with E-state index in [1.54, 1.807) is 12.4 Å². The molecule has 2 heterocycles. The molecule has 0 saturated carbocycles. The molecule has 1 radical (unpaired) electrons. The summed E-state index contributed by atoms with van der Waals surface area (Å²) in [7, 11) is 0. The zero-order chi connectivity index (χ0) is 7.84. The Balaban J connectivity index is 2.62. The van der Waals surface area contributed by atoms with Crippen molar-refractivity contribution in [2.45, 2.75) is 17.8 Å². The van der Waals surface area contributed by atoms with Crippen LogP contribution in [-0.2, 0) is 0 Å². The number of nitrogens with zero attached hydrogens (tertiary/aromatic N) is 2. The normalized spacial score (nSPS) is 21.3. The van der Waals surface area contributed by atoms with Gasteiger partial charge in [-0.1, -0.05) is 0 Å². The summed E-state index contributed by atoms with van der Waals surface area (Å²) in [5.74, 6) is 0. The first-order chi connectivity index (χ1) is 5.29. The van der Waals surface area contributed by atoms with Gasteiger partial charge < -0.3 is 0 Å². The third kappa shape index (κ3) is 1.13. The molecule has 1 aromatic rings. The van der Waals surface area contributed by atoms with Crippen LogP contribution in [0, 0.1) is 0 Å². The molecule has 1 atom stereocenters. The maximum absolute atomic E-state index is 4.34. The molecule has 0 aliphatic carbocycles. The molecule has 0 amide bonds. The van der Waals surface area contributed by atoms with E-state index in [9.17, 15) is 0 Å². The molecule has 0 N–H and O–H groups in total. The first-order valence-electron chi connectivity index (χ1n) is 3.60. The summed E-state index contributed by atoms with van der Waals surface area (Å²) in [6, 6.07) is 0. The summed E-state index contributed by atoms with van der Waals surface area (Å²) >= 11 is 0.00664. The predicted octanol–water partition coefficient (Wildman–Crippen LogP) is 0.796. The van der Waals surface area contributed by atoms with Crippen LogP contribution in [0.1, 0.15) is 29.2 Å². The fourth-order valence-corrected chi connectivity index (χ4v) is 4.39. The van der Waals surface area contributed by atoms with Crippen molar-refractivity contribution in [2.75, 3.05) is 0 Å². The van der Waals surface area contributed by atoms with Crippen molar-refractivity contribution in [3.05, 3.63) is 23.8 Å². The van der Waals surface area contributed by atoms with Gasteiger partial charge in [-0.15, -0.1) is 0 Å². The van der Waals surface area contributed by atoms with Gasteiger partial charge in [0.25, 0.3) is 0 Å². The Bertz CT molecular complexity index is 320. The predicted molar refractivity (Wildman–Crippen MR) is 46.0 cm³/mol. The molecule has 0 bridgehead atoms. The topological polar surface area (TPSA) is 25.8 Å². The minimum absolute atomic E-state index is 0.00664. The summed E-state index contributed by atoms with van der Waals surface area (Å²) in [5.41, 5.74) is 2.41. The monoisotopic (exact) mass is 263 g/mol. The molecule has 1 aliphatic rings. The second-order valence-electron chi connectivity index (χ2n) is 2.61. The quantitative estimate of drug-likeness (QED) is 0.645. The SMILES string of the molecule is CC1=[Te][C@@H](C)c2nccnc21. The van der Waals surface area contributed by atoms with Gasteiger partial charge >= 0.3 is 75.6 Å². The molecule has 2 rings (SSSR count). The van der Waals surface area contributed by atoms with Crippen molar-refractivity contribution in [3.8, 4) is 0 Å². The van der Waals surface area contributed by atoms with Crippen molar-refractivity contribution in [2.24, 2.45) is 0 Å². The average Bonchev–Trinajstić information content (AvgIpc) is 2.30. The van der Waals surface area contributed by atoms with Crippen LogP contribution in [0.25, 0.3) is 0 Å². The molecule has 0 fully saturated rings. The zero-order valence-corrected chi connectivity index (χ0v) is 8.87. The van der Waals surface area contributed by atoms with Gasteiger partial charge in [-0.3, -0.25) is 0 Å². The molecule has 2 nitrogen and oxygen atoms in total. The summed E-state index contributed by atoms with van der Waals surface area (Å²) < 4.78 is 2.20. The van der Waals surface area contributed by atoms with E-state index in [1.165, 1.54) is 14.9 Å². The van der Waals surface area contributed by atoms with Crippen LogP contribution in [0.15, 0.2) is 12.4 Å². The number of aromatic nitrogens is 2. The van der Waals surface area contributed by atoms with Crippen molar-refractivity contribution < 1.29 is 0 Å². The van der Waals surface area contributed by atoms with E-state index in [0.29, 0.717) is 3.97 Å². The molecule has 11 heavy (non-hydrogen) atoms. The van der Waals surface area contributed by atoms with Crippen molar-refractivity contribution in [1.82, 2.24) is 9.97 Å². The number of hydrogen-bond acceptors (Lipinski definition) is 2. The van der Waals surface area contributed by atoms with Gasteiger partial charge in [0.05, 0.1) is 0 Å². The summed E-state index contributed by atoms with van der Waals surface area (Å²) in [6.45, 7) is 4.45. The summed E-state index contributed by atoms with van der Waals surface area (Å²) in [5, 5.41) is 0. The Morgan fingerprint density at radius 2 is 2.09 bits per heavy atom. The van der Waals surface area contributed by atoms with Crippen molar-refractivity contribution in [1.29, 1.82) is 0 Å². The van der Waals surface area contributed by atoms with E-state index in [2.05, 4.69) is 23.8 Å². The number of hydrogen-bond donors (Lipinski definition) is 0.